The summed E-state index contributed by atoms with van der Waals surface area (Å²) in [4.78, 5) is 12.4. The van der Waals surface area contributed by atoms with Crippen molar-refractivity contribution in [2.45, 2.75) is 31.5 Å². The second-order valence-corrected chi connectivity index (χ2v) is 7.32. The van der Waals surface area contributed by atoms with Crippen molar-refractivity contribution in [1.29, 1.82) is 0 Å². The number of halogens is 3. The van der Waals surface area contributed by atoms with Gasteiger partial charge in [0, 0.05) is 0 Å². The molecule has 3 rings (SSSR count). The molecule has 0 aliphatic carbocycles. The molecule has 2 aromatic carbocycles. The Morgan fingerprint density at radius 3 is 2.39 bits per heavy atom. The minimum atomic E-state index is -5.19. The van der Waals surface area contributed by atoms with Gasteiger partial charge in [-0.3, -0.25) is 4.79 Å². The van der Waals surface area contributed by atoms with E-state index in [0.717, 1.165) is 5.56 Å². The zero-order chi connectivity index (χ0) is 22.6. The van der Waals surface area contributed by atoms with E-state index in [1.807, 2.05) is 30.3 Å². The molecule has 0 amide bonds. The smallest absolute Gasteiger partial charge is 0.437 e. The maximum Gasteiger partial charge on any atom is 0.437 e. The molecule has 166 valence electrons. The van der Waals surface area contributed by atoms with Crippen LogP contribution in [0.3, 0.4) is 0 Å². The van der Waals surface area contributed by atoms with Crippen LogP contribution in [0.15, 0.2) is 54.6 Å². The average Bonchev–Trinajstić information content (AvgIpc) is 2.72. The van der Waals surface area contributed by atoms with Crippen LogP contribution in [0.2, 0.25) is 0 Å². The molecule has 0 radical (unpaired) electrons. The number of benzene rings is 2. The van der Waals surface area contributed by atoms with Crippen LogP contribution < -0.4 is 15.4 Å². The number of esters is 1. The minimum Gasteiger partial charge on any atom is -0.489 e. The van der Waals surface area contributed by atoms with Gasteiger partial charge in [0.15, 0.2) is 5.11 Å². The Kier molecular flexibility index (Phi) is 6.71. The predicted molar refractivity (Wildman–Crippen MR) is 110 cm³/mol. The van der Waals surface area contributed by atoms with Gasteiger partial charge >= 0.3 is 12.1 Å². The highest BCUT2D eigenvalue weighted by Gasteiger charge is 2.66. The number of hydrogen-bond donors (Lipinski definition) is 3. The molecule has 0 aromatic heterocycles. The van der Waals surface area contributed by atoms with Gasteiger partial charge in [-0.2, -0.15) is 13.2 Å². The number of nitrogens with one attached hydrogen (secondary N) is 2. The summed E-state index contributed by atoms with van der Waals surface area (Å²) in [7, 11) is 0. The lowest BCUT2D eigenvalue weighted by Gasteiger charge is -2.45. The van der Waals surface area contributed by atoms with Gasteiger partial charge in [-0.15, -0.1) is 0 Å². The summed E-state index contributed by atoms with van der Waals surface area (Å²) in [6.45, 7) is 1.63. The van der Waals surface area contributed by atoms with Gasteiger partial charge < -0.3 is 25.2 Å². The van der Waals surface area contributed by atoms with E-state index in [0.29, 0.717) is 17.9 Å². The molecule has 2 aromatic rings. The molecule has 6 nitrogen and oxygen atoms in total. The van der Waals surface area contributed by atoms with Crippen LogP contribution >= 0.6 is 12.2 Å². The number of alkyl halides is 3. The highest BCUT2D eigenvalue weighted by Crippen LogP contribution is 2.43. The second-order valence-electron chi connectivity index (χ2n) is 6.91. The molecule has 1 aliphatic heterocycles. The minimum absolute atomic E-state index is 0.146. The van der Waals surface area contributed by atoms with E-state index in [1.54, 1.807) is 17.4 Å². The highest BCUT2D eigenvalue weighted by atomic mass is 32.1. The quantitative estimate of drug-likeness (QED) is 0.457. The van der Waals surface area contributed by atoms with Crippen molar-refractivity contribution in [1.82, 2.24) is 10.6 Å². The number of carbonyl (C=O) groups is 1. The van der Waals surface area contributed by atoms with Gasteiger partial charge in [-0.25, -0.2) is 0 Å². The Hall–Kier alpha value is -2.85. The number of hydrogen-bond acceptors (Lipinski definition) is 5. The molecular formula is C21H21F3N2O4S. The van der Waals surface area contributed by atoms with Gasteiger partial charge in [0.2, 0.25) is 0 Å². The van der Waals surface area contributed by atoms with Crippen LogP contribution in [0.5, 0.6) is 5.75 Å². The molecule has 1 saturated heterocycles. The third-order valence-electron chi connectivity index (χ3n) is 4.83. The van der Waals surface area contributed by atoms with Crippen LogP contribution in [-0.2, 0) is 16.1 Å². The topological polar surface area (TPSA) is 79.8 Å². The molecule has 1 fully saturated rings. The molecule has 1 heterocycles. The zero-order valence-electron chi connectivity index (χ0n) is 16.5. The van der Waals surface area contributed by atoms with Crippen LogP contribution in [0.25, 0.3) is 0 Å². The van der Waals surface area contributed by atoms with Gasteiger partial charge in [0.25, 0.3) is 5.72 Å². The van der Waals surface area contributed by atoms with Crippen LogP contribution in [-0.4, -0.2) is 34.7 Å². The number of thiocarbonyl (C=S) groups is 1. The Balaban J connectivity index is 1.87. The normalized spacial score (nSPS) is 23.5. The van der Waals surface area contributed by atoms with Gasteiger partial charge in [-0.05, 0) is 42.4 Å². The van der Waals surface area contributed by atoms with Crippen molar-refractivity contribution in [2.75, 3.05) is 6.61 Å². The van der Waals surface area contributed by atoms with Crippen molar-refractivity contribution < 1.29 is 32.5 Å². The highest BCUT2D eigenvalue weighted by molar-refractivity contribution is 7.80. The maximum absolute atomic E-state index is 13.7. The van der Waals surface area contributed by atoms with Crippen molar-refractivity contribution >= 4 is 23.3 Å². The molecule has 31 heavy (non-hydrogen) atoms. The Bertz CT molecular complexity index is 924. The third kappa shape index (κ3) is 4.91. The number of rotatable bonds is 6. The van der Waals surface area contributed by atoms with E-state index in [4.69, 9.17) is 21.7 Å². The molecule has 3 atom stereocenters. The van der Waals surface area contributed by atoms with E-state index < -0.39 is 34.9 Å². The van der Waals surface area contributed by atoms with E-state index in [1.165, 1.54) is 19.1 Å². The Morgan fingerprint density at radius 2 is 1.81 bits per heavy atom. The molecule has 1 aliphatic rings. The summed E-state index contributed by atoms with van der Waals surface area (Å²) in [6, 6.07) is 14.3. The monoisotopic (exact) mass is 454 g/mol. The fraction of sp³-hybridized carbons (Fsp3) is 0.333. The Morgan fingerprint density at radius 1 is 1.16 bits per heavy atom. The predicted octanol–water partition coefficient (Wildman–Crippen LogP) is 3.21. The Labute approximate surface area is 182 Å². The lowest BCUT2D eigenvalue weighted by atomic mass is 9.82. The standard InChI is InChI=1S/C21H21F3N2O4S/c1-2-29-18(27)16-17(25-19(31)26-20(16,28)21(22,23)24)14-8-10-15(11-9-14)30-12-13-6-4-3-5-7-13/h3-11,16-17,28H,2,12H2,1H3,(H2,25,26,31)/t16-,17-,20-/m1/s1. The first-order valence-corrected chi connectivity index (χ1v) is 9.87. The molecule has 0 saturated carbocycles. The van der Waals surface area contributed by atoms with E-state index in [9.17, 15) is 23.1 Å². The first-order chi connectivity index (χ1) is 14.7. The summed E-state index contributed by atoms with van der Waals surface area (Å²) in [5.74, 6) is -2.75. The van der Waals surface area contributed by atoms with Crippen molar-refractivity contribution in [3.8, 4) is 5.75 Å². The number of aliphatic hydroxyl groups is 1. The van der Waals surface area contributed by atoms with Crippen molar-refractivity contribution in [2.24, 2.45) is 5.92 Å². The van der Waals surface area contributed by atoms with Crippen molar-refractivity contribution in [3.05, 3.63) is 65.7 Å². The molecule has 0 unspecified atom stereocenters. The molecule has 3 N–H and O–H groups in total. The SMILES string of the molecule is CCOC(=O)[C@H]1[C@@H](c2ccc(OCc3ccccc3)cc2)NC(=S)N[C@]1(O)C(F)(F)F. The lowest BCUT2D eigenvalue weighted by molar-refractivity contribution is -0.292. The number of ether oxygens (including phenoxy) is 2. The lowest BCUT2D eigenvalue weighted by Crippen LogP contribution is -2.73. The van der Waals surface area contributed by atoms with Gasteiger partial charge in [0.1, 0.15) is 18.3 Å². The summed E-state index contributed by atoms with van der Waals surface area (Å²) in [6.07, 6.45) is -5.19. The molecular weight excluding hydrogens is 433 g/mol. The number of carbonyl (C=O) groups excluding carboxylic acids is 1. The summed E-state index contributed by atoms with van der Waals surface area (Å²) < 4.78 is 51.7. The molecule has 0 bridgehead atoms. The van der Waals surface area contributed by atoms with Gasteiger partial charge in [0.05, 0.1) is 12.6 Å². The summed E-state index contributed by atoms with van der Waals surface area (Å²) in [5, 5.41) is 14.4. The fourth-order valence-corrected chi connectivity index (χ4v) is 3.61. The maximum atomic E-state index is 13.7. The van der Waals surface area contributed by atoms with E-state index in [-0.39, 0.29) is 6.61 Å². The van der Waals surface area contributed by atoms with E-state index in [2.05, 4.69) is 5.32 Å². The summed E-state index contributed by atoms with van der Waals surface area (Å²) >= 11 is 4.87. The molecule has 0 spiro atoms. The molecule has 10 heteroatoms. The van der Waals surface area contributed by atoms with E-state index >= 15 is 0 Å². The zero-order valence-corrected chi connectivity index (χ0v) is 17.3. The third-order valence-corrected chi connectivity index (χ3v) is 5.05. The van der Waals surface area contributed by atoms with Crippen molar-refractivity contribution in [3.63, 3.8) is 0 Å². The van der Waals surface area contributed by atoms with Crippen LogP contribution in [0, 0.1) is 5.92 Å². The average molecular weight is 454 g/mol. The van der Waals surface area contributed by atoms with Crippen LogP contribution in [0.1, 0.15) is 24.1 Å². The van der Waals surface area contributed by atoms with Crippen LogP contribution in [0.4, 0.5) is 13.2 Å². The van der Waals surface area contributed by atoms with Gasteiger partial charge in [-0.1, -0.05) is 42.5 Å². The first-order valence-electron chi connectivity index (χ1n) is 9.47. The second kappa shape index (κ2) is 9.11. The summed E-state index contributed by atoms with van der Waals surface area (Å²) in [5.41, 5.74) is -2.33. The largest absolute Gasteiger partial charge is 0.489 e. The first kappa shape index (κ1) is 22.8. The fourth-order valence-electron chi connectivity index (χ4n) is 3.33.